The number of fused-ring (bicyclic) bond motifs is 1. The molecule has 0 saturated heterocycles. The van der Waals surface area contributed by atoms with Gasteiger partial charge in [0, 0.05) is 25.7 Å². The molecule has 0 unspecified atom stereocenters. The molecule has 1 aromatic carbocycles. The number of thiophene rings is 2. The third-order valence-electron chi connectivity index (χ3n) is 5.28. The van der Waals surface area contributed by atoms with Crippen LogP contribution in [0.3, 0.4) is 0 Å². The van der Waals surface area contributed by atoms with Crippen LogP contribution >= 0.6 is 38.6 Å². The third kappa shape index (κ3) is 4.24. The van der Waals surface area contributed by atoms with Crippen molar-refractivity contribution in [1.82, 2.24) is 0 Å². The normalized spacial score (nSPS) is 15.5. The molecule has 0 saturated carbocycles. The lowest BCUT2D eigenvalue weighted by atomic mass is 9.88. The van der Waals surface area contributed by atoms with Gasteiger partial charge < -0.3 is 10.1 Å². The van der Waals surface area contributed by atoms with Crippen molar-refractivity contribution in [3.63, 3.8) is 0 Å². The molecule has 2 aromatic heterocycles. The molecule has 1 N–H and O–H groups in total. The number of anilines is 1. The predicted molar refractivity (Wildman–Crippen MR) is 127 cm³/mol. The maximum atomic E-state index is 13.1. The Morgan fingerprint density at radius 3 is 2.87 bits per heavy atom. The van der Waals surface area contributed by atoms with Gasteiger partial charge >= 0.3 is 5.97 Å². The van der Waals surface area contributed by atoms with Crippen LogP contribution in [0, 0.1) is 5.92 Å². The van der Waals surface area contributed by atoms with Crippen LogP contribution in [0.5, 0.6) is 0 Å². The quantitative estimate of drug-likeness (QED) is 0.389. The highest BCUT2D eigenvalue weighted by Gasteiger charge is 2.26. The van der Waals surface area contributed by atoms with Crippen molar-refractivity contribution in [3.05, 3.63) is 61.1 Å². The Labute approximate surface area is 192 Å². The van der Waals surface area contributed by atoms with Crippen molar-refractivity contribution >= 4 is 55.5 Å². The number of amides is 1. The van der Waals surface area contributed by atoms with E-state index in [4.69, 9.17) is 4.74 Å². The Morgan fingerprint density at radius 1 is 1.27 bits per heavy atom. The predicted octanol–water partition coefficient (Wildman–Crippen LogP) is 6.79. The third-order valence-corrected chi connectivity index (χ3v) is 7.72. The first-order valence-corrected chi connectivity index (χ1v) is 12.5. The summed E-state index contributed by atoms with van der Waals surface area (Å²) in [6.07, 6.45) is 3.07. The van der Waals surface area contributed by atoms with Crippen LogP contribution in [0.15, 0.2) is 39.5 Å². The summed E-state index contributed by atoms with van der Waals surface area (Å²) >= 11 is 6.50. The van der Waals surface area contributed by atoms with Gasteiger partial charge in [-0.25, -0.2) is 4.79 Å². The lowest BCUT2D eigenvalue weighted by Gasteiger charge is -2.18. The number of nitrogens with one attached hydrogen (secondary N) is 1. The number of rotatable bonds is 5. The smallest absolute Gasteiger partial charge is 0.341 e. The molecule has 1 atom stereocenters. The zero-order chi connectivity index (χ0) is 21.3. The summed E-state index contributed by atoms with van der Waals surface area (Å²) in [5.74, 6) is 0.0768. The second kappa shape index (κ2) is 9.04. The summed E-state index contributed by atoms with van der Waals surface area (Å²) in [6.45, 7) is 4.30. The van der Waals surface area contributed by atoms with Gasteiger partial charge in [-0.05, 0) is 55.4 Å². The van der Waals surface area contributed by atoms with E-state index in [9.17, 15) is 9.59 Å². The topological polar surface area (TPSA) is 55.4 Å². The van der Waals surface area contributed by atoms with Gasteiger partial charge in [0.25, 0.3) is 5.91 Å². The molecule has 0 fully saturated rings. The monoisotopic (exact) mass is 503 g/mol. The highest BCUT2D eigenvalue weighted by atomic mass is 79.9. The number of hydrogen-bond acceptors (Lipinski definition) is 5. The summed E-state index contributed by atoms with van der Waals surface area (Å²) in [5.41, 5.74) is 3.96. The molecule has 4 rings (SSSR count). The summed E-state index contributed by atoms with van der Waals surface area (Å²) in [4.78, 5) is 27.2. The van der Waals surface area contributed by atoms with Gasteiger partial charge in [0.2, 0.25) is 0 Å². The van der Waals surface area contributed by atoms with E-state index < -0.39 is 5.97 Å². The average molecular weight is 504 g/mol. The molecule has 30 heavy (non-hydrogen) atoms. The number of ether oxygens (including phenoxy) is 1. The molecule has 0 spiro atoms. The second-order valence-electron chi connectivity index (χ2n) is 7.44. The number of hydrogen-bond donors (Lipinski definition) is 1. The van der Waals surface area contributed by atoms with Crippen LogP contribution in [-0.4, -0.2) is 18.5 Å². The zero-order valence-corrected chi connectivity index (χ0v) is 20.0. The van der Waals surface area contributed by atoms with Gasteiger partial charge in [0.15, 0.2) is 0 Å². The van der Waals surface area contributed by atoms with Crippen molar-refractivity contribution in [1.29, 1.82) is 0 Å². The molecule has 1 aliphatic carbocycles. The molecular formula is C23H22BrNO3S2. The molecule has 1 aliphatic rings. The van der Waals surface area contributed by atoms with Gasteiger partial charge in [-0.1, -0.05) is 35.0 Å². The van der Waals surface area contributed by atoms with Crippen LogP contribution in [-0.2, 0) is 17.6 Å². The molecule has 156 valence electrons. The van der Waals surface area contributed by atoms with Gasteiger partial charge in [-0.2, -0.15) is 0 Å². The van der Waals surface area contributed by atoms with Crippen molar-refractivity contribution < 1.29 is 14.3 Å². The van der Waals surface area contributed by atoms with Crippen molar-refractivity contribution in [3.8, 4) is 11.1 Å². The van der Waals surface area contributed by atoms with E-state index >= 15 is 0 Å². The summed E-state index contributed by atoms with van der Waals surface area (Å²) in [5, 5.41) is 7.36. The molecule has 0 aliphatic heterocycles. The largest absolute Gasteiger partial charge is 0.462 e. The van der Waals surface area contributed by atoms with Crippen LogP contribution in [0.1, 0.15) is 51.4 Å². The maximum absolute atomic E-state index is 13.1. The molecule has 4 nitrogen and oxygen atoms in total. The van der Waals surface area contributed by atoms with E-state index in [1.54, 1.807) is 18.3 Å². The number of halogens is 1. The van der Waals surface area contributed by atoms with Crippen LogP contribution in [0.4, 0.5) is 5.00 Å². The van der Waals surface area contributed by atoms with Crippen molar-refractivity contribution in [2.45, 2.75) is 33.1 Å². The summed E-state index contributed by atoms with van der Waals surface area (Å²) in [7, 11) is 0. The fourth-order valence-corrected chi connectivity index (χ4v) is 6.36. The highest BCUT2D eigenvalue weighted by molar-refractivity contribution is 9.10. The van der Waals surface area contributed by atoms with E-state index in [-0.39, 0.29) is 12.5 Å². The Hall–Kier alpha value is -1.96. The Bertz CT molecular complexity index is 1100. The maximum Gasteiger partial charge on any atom is 0.341 e. The van der Waals surface area contributed by atoms with Gasteiger partial charge in [0.05, 0.1) is 12.2 Å². The molecular weight excluding hydrogens is 482 g/mol. The van der Waals surface area contributed by atoms with Gasteiger partial charge in [-0.15, -0.1) is 22.7 Å². The van der Waals surface area contributed by atoms with Crippen LogP contribution in [0.25, 0.3) is 11.1 Å². The average Bonchev–Trinajstić information content (AvgIpc) is 3.32. The Kier molecular flexibility index (Phi) is 6.41. The highest BCUT2D eigenvalue weighted by Crippen LogP contribution is 2.38. The second-order valence-corrected chi connectivity index (χ2v) is 10.2. The van der Waals surface area contributed by atoms with E-state index in [2.05, 4.69) is 28.2 Å². The first-order chi connectivity index (χ1) is 14.5. The molecule has 1 amide bonds. The number of benzene rings is 1. The number of carbonyl (C=O) groups excluding carboxylic acids is 2. The number of esters is 1. The van der Waals surface area contributed by atoms with E-state index in [1.807, 2.05) is 35.0 Å². The lowest BCUT2D eigenvalue weighted by Crippen LogP contribution is -2.17. The first-order valence-electron chi connectivity index (χ1n) is 9.93. The molecule has 2 heterocycles. The standard InChI is InChI=1S/C23H22BrNO3S2/c1-3-28-23(27)20-17(14-5-4-6-15(24)10-14)11-30-22(20)25-21(26)18-12-29-19-9-13(2)7-8-16(18)19/h4-6,10-13H,3,7-9H2,1-2H3,(H,25,26)/t13-/m1/s1. The fraction of sp³-hybridized carbons (Fsp3) is 0.304. The molecule has 0 radical (unpaired) electrons. The summed E-state index contributed by atoms with van der Waals surface area (Å²) < 4.78 is 6.22. The fourth-order valence-electron chi connectivity index (χ4n) is 3.76. The lowest BCUT2D eigenvalue weighted by molar-refractivity contribution is 0.0529. The van der Waals surface area contributed by atoms with Gasteiger partial charge in [0.1, 0.15) is 10.6 Å². The van der Waals surface area contributed by atoms with Crippen molar-refractivity contribution in [2.75, 3.05) is 11.9 Å². The minimum atomic E-state index is -0.426. The molecule has 0 bridgehead atoms. The molecule has 7 heteroatoms. The van der Waals surface area contributed by atoms with E-state index in [1.165, 1.54) is 16.2 Å². The Balaban J connectivity index is 1.68. The van der Waals surface area contributed by atoms with E-state index in [0.29, 0.717) is 16.5 Å². The number of carbonyl (C=O) groups is 2. The SMILES string of the molecule is CCOC(=O)c1c(-c2cccc(Br)c2)csc1NC(=O)c1csc2c1CC[C@@H](C)C2. The van der Waals surface area contributed by atoms with Crippen molar-refractivity contribution in [2.24, 2.45) is 5.92 Å². The van der Waals surface area contributed by atoms with Crippen LogP contribution in [0.2, 0.25) is 0 Å². The van der Waals surface area contributed by atoms with E-state index in [0.717, 1.165) is 46.0 Å². The minimum absolute atomic E-state index is 0.157. The minimum Gasteiger partial charge on any atom is -0.462 e. The zero-order valence-electron chi connectivity index (χ0n) is 16.8. The first kappa shape index (κ1) is 21.3. The molecule has 3 aromatic rings. The Morgan fingerprint density at radius 2 is 2.10 bits per heavy atom. The summed E-state index contributed by atoms with van der Waals surface area (Å²) in [6, 6.07) is 7.75. The van der Waals surface area contributed by atoms with Crippen LogP contribution < -0.4 is 5.32 Å². The van der Waals surface area contributed by atoms with Gasteiger partial charge in [-0.3, -0.25) is 4.79 Å².